The second kappa shape index (κ2) is 6.75. The first-order chi connectivity index (χ1) is 9.60. The zero-order chi connectivity index (χ0) is 14.5. The van der Waals surface area contributed by atoms with Crippen molar-refractivity contribution in [2.45, 2.75) is 39.2 Å². The largest absolute Gasteiger partial charge is 0.335 e. The van der Waals surface area contributed by atoms with Crippen molar-refractivity contribution in [2.75, 3.05) is 25.5 Å². The summed E-state index contributed by atoms with van der Waals surface area (Å²) in [5, 5.41) is 6.11. The Morgan fingerprint density at radius 2 is 2.05 bits per heavy atom. The molecule has 4 heteroatoms. The Labute approximate surface area is 121 Å². The van der Waals surface area contributed by atoms with E-state index >= 15 is 0 Å². The third-order valence-electron chi connectivity index (χ3n) is 4.03. The van der Waals surface area contributed by atoms with Crippen LogP contribution in [0, 0.1) is 6.92 Å². The summed E-state index contributed by atoms with van der Waals surface area (Å²) in [4.78, 5) is 14.4. The maximum absolute atomic E-state index is 12.1. The monoisotopic (exact) mass is 275 g/mol. The van der Waals surface area contributed by atoms with Crippen LogP contribution in [0.1, 0.15) is 30.9 Å². The lowest BCUT2D eigenvalue weighted by Crippen LogP contribution is -2.45. The molecule has 0 bridgehead atoms. The fraction of sp³-hybridized carbons (Fsp3) is 0.562. The van der Waals surface area contributed by atoms with Crippen molar-refractivity contribution in [3.8, 4) is 0 Å². The van der Waals surface area contributed by atoms with Crippen LogP contribution in [0.2, 0.25) is 0 Å². The van der Waals surface area contributed by atoms with Crippen LogP contribution >= 0.6 is 0 Å². The van der Waals surface area contributed by atoms with Gasteiger partial charge < -0.3 is 15.5 Å². The maximum Gasteiger partial charge on any atom is 0.319 e. The average Bonchev–Trinajstić information content (AvgIpc) is 2.43. The predicted molar refractivity (Wildman–Crippen MR) is 83.2 cm³/mol. The van der Waals surface area contributed by atoms with Crippen LogP contribution in [0.5, 0.6) is 0 Å². The Morgan fingerprint density at radius 1 is 1.35 bits per heavy atom. The molecule has 1 aliphatic rings. The molecule has 0 unspecified atom stereocenters. The van der Waals surface area contributed by atoms with Gasteiger partial charge >= 0.3 is 6.03 Å². The van der Waals surface area contributed by atoms with E-state index in [4.69, 9.17) is 0 Å². The number of hydrogen-bond acceptors (Lipinski definition) is 2. The van der Waals surface area contributed by atoms with E-state index in [-0.39, 0.29) is 6.03 Å². The number of rotatable bonds is 3. The first kappa shape index (κ1) is 14.9. The quantitative estimate of drug-likeness (QED) is 0.891. The molecule has 20 heavy (non-hydrogen) atoms. The van der Waals surface area contributed by atoms with E-state index in [9.17, 15) is 4.79 Å². The molecular weight excluding hydrogens is 250 g/mol. The molecule has 0 spiro atoms. The standard InChI is InChI=1S/C16H25N3O/c1-4-13-7-5-6-12(2)15(13)18-16(20)17-14-8-10-19(3)11-9-14/h5-7,14H,4,8-11H2,1-3H3,(H2,17,18,20). The molecule has 1 aromatic carbocycles. The first-order valence-corrected chi connectivity index (χ1v) is 7.44. The molecule has 2 amide bonds. The molecule has 0 saturated carbocycles. The molecule has 1 aromatic rings. The molecule has 1 saturated heterocycles. The molecule has 1 aliphatic heterocycles. The molecule has 110 valence electrons. The van der Waals surface area contributed by atoms with Crippen molar-refractivity contribution in [3.05, 3.63) is 29.3 Å². The predicted octanol–water partition coefficient (Wildman–Crippen LogP) is 2.77. The third-order valence-corrected chi connectivity index (χ3v) is 4.03. The van der Waals surface area contributed by atoms with Gasteiger partial charge in [0.2, 0.25) is 0 Å². The van der Waals surface area contributed by atoms with E-state index in [1.165, 1.54) is 5.56 Å². The van der Waals surface area contributed by atoms with Gasteiger partial charge in [-0.1, -0.05) is 25.1 Å². The second-order valence-corrected chi connectivity index (χ2v) is 5.64. The minimum atomic E-state index is -0.0800. The number of piperidine rings is 1. The minimum Gasteiger partial charge on any atom is -0.335 e. The number of benzene rings is 1. The number of amides is 2. The van der Waals surface area contributed by atoms with Gasteiger partial charge in [-0.15, -0.1) is 0 Å². The van der Waals surface area contributed by atoms with Gasteiger partial charge in [0.1, 0.15) is 0 Å². The third kappa shape index (κ3) is 3.73. The summed E-state index contributed by atoms with van der Waals surface area (Å²) in [7, 11) is 2.12. The number of nitrogens with one attached hydrogen (secondary N) is 2. The van der Waals surface area contributed by atoms with Crippen molar-refractivity contribution in [2.24, 2.45) is 0 Å². The van der Waals surface area contributed by atoms with Crippen LogP contribution in [0.15, 0.2) is 18.2 Å². The summed E-state index contributed by atoms with van der Waals surface area (Å²) < 4.78 is 0. The van der Waals surface area contributed by atoms with Gasteiger partial charge in [-0.3, -0.25) is 0 Å². The van der Waals surface area contributed by atoms with Crippen molar-refractivity contribution in [1.82, 2.24) is 10.2 Å². The van der Waals surface area contributed by atoms with Crippen molar-refractivity contribution >= 4 is 11.7 Å². The van der Waals surface area contributed by atoms with Crippen molar-refractivity contribution in [1.29, 1.82) is 0 Å². The molecule has 1 heterocycles. The van der Waals surface area contributed by atoms with Gasteiger partial charge in [0, 0.05) is 11.7 Å². The summed E-state index contributed by atoms with van der Waals surface area (Å²) in [5.41, 5.74) is 3.26. The first-order valence-electron chi connectivity index (χ1n) is 7.44. The Balaban J connectivity index is 1.95. The Kier molecular flexibility index (Phi) is 5.01. The van der Waals surface area contributed by atoms with Gasteiger partial charge in [-0.2, -0.15) is 0 Å². The van der Waals surface area contributed by atoms with E-state index in [0.29, 0.717) is 6.04 Å². The number of anilines is 1. The van der Waals surface area contributed by atoms with Gasteiger partial charge in [0.15, 0.2) is 0 Å². The van der Waals surface area contributed by atoms with E-state index in [0.717, 1.165) is 43.6 Å². The average molecular weight is 275 g/mol. The molecule has 0 aromatic heterocycles. The zero-order valence-electron chi connectivity index (χ0n) is 12.7. The normalized spacial score (nSPS) is 16.9. The Morgan fingerprint density at radius 3 is 2.70 bits per heavy atom. The lowest BCUT2D eigenvalue weighted by Gasteiger charge is -2.29. The fourth-order valence-corrected chi connectivity index (χ4v) is 2.69. The molecule has 0 atom stereocenters. The highest BCUT2D eigenvalue weighted by molar-refractivity contribution is 5.91. The number of para-hydroxylation sites is 1. The highest BCUT2D eigenvalue weighted by Gasteiger charge is 2.18. The van der Waals surface area contributed by atoms with Gasteiger partial charge in [0.25, 0.3) is 0 Å². The molecule has 1 fully saturated rings. The SMILES string of the molecule is CCc1cccc(C)c1NC(=O)NC1CCN(C)CC1. The summed E-state index contributed by atoms with van der Waals surface area (Å²) in [5.74, 6) is 0. The highest BCUT2D eigenvalue weighted by atomic mass is 16.2. The molecule has 0 radical (unpaired) electrons. The molecule has 2 rings (SSSR count). The molecule has 0 aliphatic carbocycles. The maximum atomic E-state index is 12.1. The fourth-order valence-electron chi connectivity index (χ4n) is 2.69. The molecular formula is C16H25N3O. The number of urea groups is 1. The number of likely N-dealkylation sites (tertiary alicyclic amines) is 1. The molecule has 2 N–H and O–H groups in total. The van der Waals surface area contributed by atoms with E-state index < -0.39 is 0 Å². The number of nitrogens with zero attached hydrogens (tertiary/aromatic N) is 1. The van der Waals surface area contributed by atoms with Crippen LogP contribution in [0.25, 0.3) is 0 Å². The van der Waals surface area contributed by atoms with Crippen LogP contribution in [-0.2, 0) is 6.42 Å². The summed E-state index contributed by atoms with van der Waals surface area (Å²) in [6.45, 7) is 6.24. The van der Waals surface area contributed by atoms with E-state index in [2.05, 4.69) is 35.6 Å². The molecule has 4 nitrogen and oxygen atoms in total. The lowest BCUT2D eigenvalue weighted by atomic mass is 10.1. The van der Waals surface area contributed by atoms with E-state index in [1.807, 2.05) is 19.1 Å². The summed E-state index contributed by atoms with van der Waals surface area (Å²) in [6, 6.07) is 6.35. The van der Waals surface area contributed by atoms with Crippen molar-refractivity contribution in [3.63, 3.8) is 0 Å². The topological polar surface area (TPSA) is 44.4 Å². The number of carbonyl (C=O) groups is 1. The van der Waals surface area contributed by atoms with Crippen LogP contribution in [0.4, 0.5) is 10.5 Å². The lowest BCUT2D eigenvalue weighted by molar-refractivity contribution is 0.221. The van der Waals surface area contributed by atoms with Crippen LogP contribution < -0.4 is 10.6 Å². The highest BCUT2D eigenvalue weighted by Crippen LogP contribution is 2.21. The summed E-state index contributed by atoms with van der Waals surface area (Å²) in [6.07, 6.45) is 2.97. The summed E-state index contributed by atoms with van der Waals surface area (Å²) >= 11 is 0. The van der Waals surface area contributed by atoms with Crippen LogP contribution in [-0.4, -0.2) is 37.1 Å². The minimum absolute atomic E-state index is 0.0800. The number of hydrogen-bond donors (Lipinski definition) is 2. The van der Waals surface area contributed by atoms with Gasteiger partial charge in [-0.25, -0.2) is 4.79 Å². The van der Waals surface area contributed by atoms with Gasteiger partial charge in [0.05, 0.1) is 0 Å². The zero-order valence-corrected chi connectivity index (χ0v) is 12.7. The van der Waals surface area contributed by atoms with Crippen LogP contribution in [0.3, 0.4) is 0 Å². The Bertz CT molecular complexity index is 465. The van der Waals surface area contributed by atoms with E-state index in [1.54, 1.807) is 0 Å². The number of carbonyl (C=O) groups excluding carboxylic acids is 1. The Hall–Kier alpha value is -1.55. The van der Waals surface area contributed by atoms with Crippen molar-refractivity contribution < 1.29 is 4.79 Å². The second-order valence-electron chi connectivity index (χ2n) is 5.64. The van der Waals surface area contributed by atoms with Gasteiger partial charge in [-0.05, 0) is 57.5 Å². The number of aryl methyl sites for hydroxylation is 2. The smallest absolute Gasteiger partial charge is 0.319 e.